The van der Waals surface area contributed by atoms with E-state index in [-0.39, 0.29) is 5.91 Å². The van der Waals surface area contributed by atoms with Gasteiger partial charge in [0.25, 0.3) is 0 Å². The number of methoxy groups -OCH3 is 1. The molecule has 2 aromatic carbocycles. The van der Waals surface area contributed by atoms with Crippen molar-refractivity contribution >= 4 is 42.7 Å². The van der Waals surface area contributed by atoms with Crippen molar-refractivity contribution in [2.75, 3.05) is 45.3 Å². The van der Waals surface area contributed by atoms with Crippen molar-refractivity contribution in [1.82, 2.24) is 14.9 Å². The Morgan fingerprint density at radius 2 is 2.05 bits per heavy atom. The Balaban J connectivity index is 1.54. The summed E-state index contributed by atoms with van der Waals surface area (Å²) in [5.74, 6) is 1.09. The summed E-state index contributed by atoms with van der Waals surface area (Å²) in [7, 11) is 1.70. The molecule has 1 aliphatic carbocycles. The van der Waals surface area contributed by atoms with Crippen molar-refractivity contribution in [3.05, 3.63) is 66.5 Å². The molecule has 4 rings (SSSR count). The van der Waals surface area contributed by atoms with Gasteiger partial charge in [-0.1, -0.05) is 0 Å². The average molecular weight is 565 g/mol. The number of likely N-dealkylation sites (N-methyl/N-ethyl adjacent to an activating group) is 1. The summed E-state index contributed by atoms with van der Waals surface area (Å²) >= 11 is -0.592. The molecule has 0 aliphatic heterocycles. The van der Waals surface area contributed by atoms with Crippen LogP contribution in [0.2, 0.25) is 0 Å². The standard InChI is InChI=1S/C29H37AsN4O3/c1-4-34(15-16-36-3)14-8-11-28(35)33-26-17-24-25(18-27(26)37-19-22-12-13-22)31-20-32-29(24)30-21(2)23-9-6-5-7-10-23/h5-11,17-18,20-22,30H,4,12-16,19H2,1-3H3,(H,33,35)/t21-/m1/s1. The molecule has 1 aromatic heterocycles. The first-order valence-corrected chi connectivity index (χ1v) is 15.2. The number of hydrogen-bond donors (Lipinski definition) is 1. The third-order valence-electron chi connectivity index (χ3n) is 6.51. The van der Waals surface area contributed by atoms with Crippen LogP contribution in [0.3, 0.4) is 0 Å². The SMILES string of the molecule is CCN(CC=CC(=O)Nc1cc2c([AsH][C@H](C)c3ccccc3)ncnc2cc1OCC1CC1)CCOC. The first-order valence-electron chi connectivity index (χ1n) is 13.0. The van der Waals surface area contributed by atoms with E-state index in [1.807, 2.05) is 24.3 Å². The summed E-state index contributed by atoms with van der Waals surface area (Å²) in [6.45, 7) is 8.11. The number of ether oxygens (including phenoxy) is 2. The monoisotopic (exact) mass is 564 g/mol. The predicted octanol–water partition coefficient (Wildman–Crippen LogP) is 3.70. The van der Waals surface area contributed by atoms with Crippen molar-refractivity contribution in [2.24, 2.45) is 5.92 Å². The molecule has 1 fully saturated rings. The fourth-order valence-electron chi connectivity index (χ4n) is 4.02. The molecule has 1 N–H and O–H groups in total. The molecule has 8 heteroatoms. The quantitative estimate of drug-likeness (QED) is 0.238. The summed E-state index contributed by atoms with van der Waals surface area (Å²) in [6, 6.07) is 14.5. The van der Waals surface area contributed by atoms with Gasteiger partial charge in [-0.15, -0.1) is 0 Å². The average Bonchev–Trinajstić information content (AvgIpc) is 3.75. The number of rotatable bonds is 14. The number of hydrogen-bond acceptors (Lipinski definition) is 6. The number of anilines is 1. The van der Waals surface area contributed by atoms with Crippen LogP contribution >= 0.6 is 0 Å². The van der Waals surface area contributed by atoms with E-state index in [1.54, 1.807) is 19.5 Å². The minimum Gasteiger partial charge on any atom is -0.383 e. The molecular weight excluding hydrogens is 527 g/mol. The normalized spacial score (nSPS) is 14.7. The number of amides is 1. The Labute approximate surface area is 226 Å². The summed E-state index contributed by atoms with van der Waals surface area (Å²) in [5.41, 5.74) is 2.85. The van der Waals surface area contributed by atoms with Crippen LogP contribution in [0.1, 0.15) is 37.0 Å². The Kier molecular flexibility index (Phi) is 10.1. The first-order chi connectivity index (χ1) is 18.1. The van der Waals surface area contributed by atoms with Crippen molar-refractivity contribution in [3.8, 4) is 5.75 Å². The fourth-order valence-corrected chi connectivity index (χ4v) is 6.66. The Bertz CT molecular complexity index is 1200. The van der Waals surface area contributed by atoms with Crippen LogP contribution in [0.4, 0.5) is 5.69 Å². The Hall–Kier alpha value is -2.73. The number of benzene rings is 2. The topological polar surface area (TPSA) is 76.6 Å². The van der Waals surface area contributed by atoms with E-state index in [1.165, 1.54) is 18.4 Å². The van der Waals surface area contributed by atoms with E-state index in [4.69, 9.17) is 9.47 Å². The molecule has 7 nitrogen and oxygen atoms in total. The molecule has 0 radical (unpaired) electrons. The molecule has 1 heterocycles. The summed E-state index contributed by atoms with van der Waals surface area (Å²) in [5, 5.41) is 4.04. The Morgan fingerprint density at radius 1 is 1.24 bits per heavy atom. The van der Waals surface area contributed by atoms with Crippen LogP contribution < -0.4 is 14.5 Å². The molecule has 1 unspecified atom stereocenters. The zero-order valence-electron chi connectivity index (χ0n) is 21.9. The van der Waals surface area contributed by atoms with Gasteiger partial charge >= 0.3 is 215 Å². The second-order valence-electron chi connectivity index (χ2n) is 9.40. The second-order valence-corrected chi connectivity index (χ2v) is 12.8. The maximum absolute atomic E-state index is 12.9. The third-order valence-corrected chi connectivity index (χ3v) is 9.53. The molecule has 196 valence electrons. The van der Waals surface area contributed by atoms with Crippen molar-refractivity contribution in [2.45, 2.75) is 31.4 Å². The summed E-state index contributed by atoms with van der Waals surface area (Å²) in [4.78, 5) is 24.3. The summed E-state index contributed by atoms with van der Waals surface area (Å²) in [6.07, 6.45) is 7.53. The number of carbonyl (C=O) groups is 1. The van der Waals surface area contributed by atoms with E-state index >= 15 is 0 Å². The number of carbonyl (C=O) groups excluding carboxylic acids is 1. The van der Waals surface area contributed by atoms with Crippen molar-refractivity contribution < 1.29 is 14.3 Å². The van der Waals surface area contributed by atoms with Gasteiger partial charge in [0.1, 0.15) is 0 Å². The third kappa shape index (κ3) is 8.13. The minimum atomic E-state index is -0.592. The Morgan fingerprint density at radius 3 is 2.78 bits per heavy atom. The van der Waals surface area contributed by atoms with Crippen molar-refractivity contribution in [1.29, 1.82) is 0 Å². The van der Waals surface area contributed by atoms with Crippen LogP contribution in [0.15, 0.2) is 60.9 Å². The van der Waals surface area contributed by atoms with Crippen molar-refractivity contribution in [3.63, 3.8) is 0 Å². The molecule has 1 amide bonds. The van der Waals surface area contributed by atoms with Gasteiger partial charge in [-0.2, -0.15) is 0 Å². The van der Waals surface area contributed by atoms with Crippen LogP contribution in [0.5, 0.6) is 5.75 Å². The van der Waals surface area contributed by atoms with Crippen LogP contribution in [0.25, 0.3) is 10.9 Å². The number of nitrogens with zero attached hydrogens (tertiary/aromatic N) is 3. The van der Waals surface area contributed by atoms with Gasteiger partial charge in [-0.25, -0.2) is 0 Å². The predicted molar refractivity (Wildman–Crippen MR) is 151 cm³/mol. The van der Waals surface area contributed by atoms with E-state index in [0.29, 0.717) is 41.8 Å². The molecule has 0 saturated heterocycles. The minimum absolute atomic E-state index is 0.175. The molecule has 0 spiro atoms. The van der Waals surface area contributed by atoms with E-state index in [2.05, 4.69) is 58.3 Å². The molecular formula is C29H37AsN4O3. The van der Waals surface area contributed by atoms with Gasteiger partial charge < -0.3 is 4.74 Å². The molecule has 2 atom stereocenters. The summed E-state index contributed by atoms with van der Waals surface area (Å²) < 4.78 is 12.8. The van der Waals surface area contributed by atoms with E-state index in [9.17, 15) is 4.79 Å². The molecule has 3 aromatic rings. The van der Waals surface area contributed by atoms with Crippen LogP contribution in [-0.4, -0.2) is 76.5 Å². The van der Waals surface area contributed by atoms with Gasteiger partial charge in [0.2, 0.25) is 0 Å². The number of fused-ring (bicyclic) bond motifs is 1. The van der Waals surface area contributed by atoms with Crippen LogP contribution in [0, 0.1) is 5.92 Å². The van der Waals surface area contributed by atoms with Gasteiger partial charge in [0.15, 0.2) is 0 Å². The fraction of sp³-hybridized carbons (Fsp3) is 0.414. The number of nitrogens with one attached hydrogen (secondary N) is 1. The van der Waals surface area contributed by atoms with Gasteiger partial charge in [0, 0.05) is 7.11 Å². The number of aromatic nitrogens is 2. The molecule has 37 heavy (non-hydrogen) atoms. The van der Waals surface area contributed by atoms with Gasteiger partial charge in [-0.3, -0.25) is 0 Å². The second kappa shape index (κ2) is 13.7. The molecule has 0 bridgehead atoms. The van der Waals surface area contributed by atoms with E-state index in [0.717, 1.165) is 28.5 Å². The molecule has 1 saturated carbocycles. The maximum atomic E-state index is 12.9. The van der Waals surface area contributed by atoms with Gasteiger partial charge in [0.05, 0.1) is 0 Å². The zero-order chi connectivity index (χ0) is 26.0. The van der Waals surface area contributed by atoms with Gasteiger partial charge in [-0.05, 0) is 0 Å². The molecule has 1 aliphatic rings. The first kappa shape index (κ1) is 27.3. The van der Waals surface area contributed by atoms with Crippen LogP contribution in [-0.2, 0) is 9.53 Å². The smallest absolute Gasteiger partial charge is 0.383 e. The zero-order valence-corrected chi connectivity index (χ0v) is 24.0. The van der Waals surface area contributed by atoms with E-state index < -0.39 is 15.8 Å².